The summed E-state index contributed by atoms with van der Waals surface area (Å²) in [6, 6.07) is 23.3. The number of rotatable bonds is 6. The molecule has 0 aliphatic carbocycles. The van der Waals surface area contributed by atoms with Crippen LogP contribution in [0.2, 0.25) is 0 Å². The number of anilines is 3. The van der Waals surface area contributed by atoms with Crippen LogP contribution in [0.25, 0.3) is 6.08 Å². The third-order valence-electron chi connectivity index (χ3n) is 8.63. The molecular weight excluding hydrogens is 558 g/mol. The Bertz CT molecular complexity index is 1560. The SMILES string of the molecule is C[C@@H]1CCCCN1c1cc(N2CCCC[C@@H]2C)c(/C=C2\SC(=Nc3ccccc3)N(c3ccccc3)C2=O)cc1[N+](=O)[O-]. The number of nitro benzene ring substituents is 1. The maximum absolute atomic E-state index is 14.0. The van der Waals surface area contributed by atoms with E-state index in [0.717, 1.165) is 68.7 Å². The predicted molar refractivity (Wildman–Crippen MR) is 177 cm³/mol. The smallest absolute Gasteiger partial charge is 0.293 e. The monoisotopic (exact) mass is 595 g/mol. The Balaban J connectivity index is 1.49. The number of piperidine rings is 2. The lowest BCUT2D eigenvalue weighted by atomic mass is 9.98. The van der Waals surface area contributed by atoms with Crippen molar-refractivity contribution in [2.75, 3.05) is 27.8 Å². The van der Waals surface area contributed by atoms with Crippen LogP contribution >= 0.6 is 11.8 Å². The molecule has 9 heteroatoms. The van der Waals surface area contributed by atoms with E-state index in [1.54, 1.807) is 11.0 Å². The number of amidine groups is 1. The maximum atomic E-state index is 14.0. The first-order valence-electron chi connectivity index (χ1n) is 15.2. The Labute approximate surface area is 257 Å². The van der Waals surface area contributed by atoms with Crippen LogP contribution in [-0.2, 0) is 4.79 Å². The summed E-state index contributed by atoms with van der Waals surface area (Å²) in [4.78, 5) is 37.8. The minimum Gasteiger partial charge on any atom is -0.368 e. The standard InChI is InChI=1S/C34H37N5O3S/c1-24-13-9-11-19-36(24)29-23-30(37-20-12-10-14-25(37)2)31(39(41)42)21-26(29)22-32-33(40)38(28-17-7-4-8-18-28)34(43-32)35-27-15-5-3-6-16-27/h3-8,15-18,21-25H,9-14,19-20H2,1-2H3/b32-22-,35-34?/t24-,25+/m0/s1. The van der Waals surface area contributed by atoms with E-state index in [1.807, 2.05) is 72.8 Å². The van der Waals surface area contributed by atoms with Crippen molar-refractivity contribution in [3.8, 4) is 0 Å². The Hall–Kier alpha value is -4.11. The zero-order chi connectivity index (χ0) is 29.9. The highest BCUT2D eigenvalue weighted by Crippen LogP contribution is 2.43. The molecule has 0 aromatic heterocycles. The molecule has 2 atom stereocenters. The van der Waals surface area contributed by atoms with Crippen molar-refractivity contribution in [3.63, 3.8) is 0 Å². The maximum Gasteiger partial charge on any atom is 0.293 e. The van der Waals surface area contributed by atoms with Crippen molar-refractivity contribution in [3.05, 3.63) is 93.4 Å². The molecule has 3 fully saturated rings. The molecule has 3 aliphatic heterocycles. The molecule has 3 heterocycles. The zero-order valence-corrected chi connectivity index (χ0v) is 25.5. The fraction of sp³-hybridized carbons (Fsp3) is 0.353. The molecule has 0 unspecified atom stereocenters. The van der Waals surface area contributed by atoms with Gasteiger partial charge in [0.1, 0.15) is 5.69 Å². The zero-order valence-electron chi connectivity index (χ0n) is 24.7. The van der Waals surface area contributed by atoms with Gasteiger partial charge < -0.3 is 9.80 Å². The molecule has 0 N–H and O–H groups in total. The first-order chi connectivity index (χ1) is 20.9. The number of hydrogen-bond donors (Lipinski definition) is 0. The van der Waals surface area contributed by atoms with Crippen LogP contribution in [0, 0.1) is 10.1 Å². The summed E-state index contributed by atoms with van der Waals surface area (Å²) >= 11 is 1.30. The molecule has 3 aromatic carbocycles. The number of nitro groups is 1. The molecule has 222 valence electrons. The number of hydrogen-bond acceptors (Lipinski definition) is 7. The van der Waals surface area contributed by atoms with Crippen LogP contribution in [0.1, 0.15) is 57.9 Å². The van der Waals surface area contributed by atoms with Gasteiger partial charge in [-0.2, -0.15) is 0 Å². The number of para-hydroxylation sites is 2. The lowest BCUT2D eigenvalue weighted by Gasteiger charge is -2.39. The van der Waals surface area contributed by atoms with Crippen LogP contribution < -0.4 is 14.7 Å². The van der Waals surface area contributed by atoms with E-state index in [1.165, 1.54) is 11.8 Å². The largest absolute Gasteiger partial charge is 0.368 e. The van der Waals surface area contributed by atoms with Gasteiger partial charge in [0, 0.05) is 42.5 Å². The fourth-order valence-electron chi connectivity index (χ4n) is 6.34. The van der Waals surface area contributed by atoms with Gasteiger partial charge in [-0.25, -0.2) is 4.99 Å². The first-order valence-corrected chi connectivity index (χ1v) is 16.0. The quantitative estimate of drug-likeness (QED) is 0.162. The molecule has 3 aromatic rings. The van der Waals surface area contributed by atoms with E-state index in [2.05, 4.69) is 23.6 Å². The summed E-state index contributed by atoms with van der Waals surface area (Å²) < 4.78 is 0. The van der Waals surface area contributed by atoms with E-state index in [-0.39, 0.29) is 22.6 Å². The molecule has 1 amide bonds. The van der Waals surface area contributed by atoms with Crippen LogP contribution in [0.5, 0.6) is 0 Å². The van der Waals surface area contributed by atoms with Gasteiger partial charge in [-0.3, -0.25) is 19.8 Å². The summed E-state index contributed by atoms with van der Waals surface area (Å²) in [7, 11) is 0. The minimum atomic E-state index is -0.274. The number of benzene rings is 3. The Morgan fingerprint density at radius 2 is 1.47 bits per heavy atom. The van der Waals surface area contributed by atoms with E-state index < -0.39 is 0 Å². The van der Waals surface area contributed by atoms with Crippen LogP contribution in [-0.4, -0.2) is 41.2 Å². The number of aliphatic imine (C=N–C) groups is 1. The van der Waals surface area contributed by atoms with E-state index in [0.29, 0.717) is 27.4 Å². The van der Waals surface area contributed by atoms with Gasteiger partial charge in [-0.05, 0) is 101 Å². The Kier molecular flexibility index (Phi) is 8.51. The second-order valence-corrected chi connectivity index (χ2v) is 12.6. The van der Waals surface area contributed by atoms with Crippen molar-refractivity contribution >= 4 is 57.3 Å². The first kappa shape index (κ1) is 29.0. The highest BCUT2D eigenvalue weighted by Gasteiger charge is 2.36. The Morgan fingerprint density at radius 3 is 2.07 bits per heavy atom. The van der Waals surface area contributed by atoms with Gasteiger partial charge in [-0.15, -0.1) is 0 Å². The third-order valence-corrected chi connectivity index (χ3v) is 9.60. The molecular formula is C34H37N5O3S. The van der Waals surface area contributed by atoms with Gasteiger partial charge in [0.2, 0.25) is 0 Å². The van der Waals surface area contributed by atoms with E-state index >= 15 is 0 Å². The van der Waals surface area contributed by atoms with Crippen molar-refractivity contribution in [1.29, 1.82) is 0 Å². The summed E-state index contributed by atoms with van der Waals surface area (Å²) in [5.41, 5.74) is 3.88. The average molecular weight is 596 g/mol. The molecule has 3 aliphatic rings. The third kappa shape index (κ3) is 6.04. The summed E-state index contributed by atoms with van der Waals surface area (Å²) in [6.45, 7) is 6.05. The highest BCUT2D eigenvalue weighted by molar-refractivity contribution is 8.19. The predicted octanol–water partition coefficient (Wildman–Crippen LogP) is 8.16. The van der Waals surface area contributed by atoms with Gasteiger partial charge >= 0.3 is 0 Å². The number of carbonyl (C=O) groups excluding carboxylic acids is 1. The minimum absolute atomic E-state index is 0.0857. The number of thioether (sulfide) groups is 1. The molecule has 43 heavy (non-hydrogen) atoms. The van der Waals surface area contributed by atoms with Crippen molar-refractivity contribution in [2.24, 2.45) is 4.99 Å². The number of nitrogens with zero attached hydrogens (tertiary/aromatic N) is 5. The van der Waals surface area contributed by atoms with Crippen LogP contribution in [0.3, 0.4) is 0 Å². The van der Waals surface area contributed by atoms with E-state index in [4.69, 9.17) is 4.99 Å². The molecule has 6 rings (SSSR count). The number of amides is 1. The lowest BCUT2D eigenvalue weighted by Crippen LogP contribution is -2.39. The van der Waals surface area contributed by atoms with Crippen molar-refractivity contribution in [1.82, 2.24) is 0 Å². The van der Waals surface area contributed by atoms with Gasteiger partial charge in [0.05, 0.1) is 21.2 Å². The number of carbonyl (C=O) groups is 1. The van der Waals surface area contributed by atoms with Gasteiger partial charge in [-0.1, -0.05) is 36.4 Å². The van der Waals surface area contributed by atoms with Gasteiger partial charge in [0.25, 0.3) is 11.6 Å². The average Bonchev–Trinajstić information content (AvgIpc) is 3.32. The highest BCUT2D eigenvalue weighted by atomic mass is 32.2. The fourth-order valence-corrected chi connectivity index (χ4v) is 7.33. The summed E-state index contributed by atoms with van der Waals surface area (Å²) in [6.07, 6.45) is 8.30. The second kappa shape index (κ2) is 12.6. The second-order valence-electron chi connectivity index (χ2n) is 11.5. The molecule has 0 saturated carbocycles. The van der Waals surface area contributed by atoms with Crippen LogP contribution in [0.4, 0.5) is 28.4 Å². The van der Waals surface area contributed by atoms with Crippen molar-refractivity contribution in [2.45, 2.75) is 64.5 Å². The summed E-state index contributed by atoms with van der Waals surface area (Å²) in [5.74, 6) is -0.195. The molecule has 0 bridgehead atoms. The lowest BCUT2D eigenvalue weighted by molar-refractivity contribution is -0.384. The molecule has 0 radical (unpaired) electrons. The molecule has 0 spiro atoms. The van der Waals surface area contributed by atoms with E-state index in [9.17, 15) is 14.9 Å². The topological polar surface area (TPSA) is 82.3 Å². The van der Waals surface area contributed by atoms with Gasteiger partial charge in [0.15, 0.2) is 5.17 Å². The summed E-state index contributed by atoms with van der Waals surface area (Å²) in [5, 5.41) is 13.1. The normalized spacial score (nSPS) is 22.9. The van der Waals surface area contributed by atoms with Crippen LogP contribution in [0.15, 0.2) is 82.7 Å². The molecule has 8 nitrogen and oxygen atoms in total. The Morgan fingerprint density at radius 1 is 0.860 bits per heavy atom. The van der Waals surface area contributed by atoms with Crippen molar-refractivity contribution < 1.29 is 9.72 Å². The molecule has 3 saturated heterocycles.